The molecule has 0 amide bonds. The molecule has 0 saturated carbocycles. The Hall–Kier alpha value is 0.179. The first-order chi connectivity index (χ1) is 5.58. The van der Waals surface area contributed by atoms with Gasteiger partial charge in [0.2, 0.25) is 0 Å². The van der Waals surface area contributed by atoms with Crippen LogP contribution in [0.1, 0.15) is 5.56 Å². The standard InChI is InChI=1S/C10H16NSe.BrH/c1-11(2,12)9-8-10-6-4-3-5-7-10;/h3-7,12H,8-9H2,1-2H3;1H/q+1;/p-1. The first kappa shape index (κ1) is 13.2. The second kappa shape index (κ2) is 5.81. The average molecular weight is 309 g/mol. The van der Waals surface area contributed by atoms with Gasteiger partial charge < -0.3 is 17.0 Å². The van der Waals surface area contributed by atoms with Crippen molar-refractivity contribution in [2.45, 2.75) is 6.42 Å². The van der Waals surface area contributed by atoms with E-state index in [2.05, 4.69) is 60.7 Å². The van der Waals surface area contributed by atoms with Gasteiger partial charge in [-0.3, -0.25) is 0 Å². The molecule has 1 rings (SSSR count). The molecule has 0 spiro atoms. The number of halogens is 1. The van der Waals surface area contributed by atoms with E-state index in [4.69, 9.17) is 0 Å². The molecule has 0 radical (unpaired) electrons. The zero-order chi connectivity index (χ0) is 9.03. The molecule has 0 fully saturated rings. The molecule has 0 aromatic heterocycles. The van der Waals surface area contributed by atoms with Crippen molar-refractivity contribution in [3.8, 4) is 0 Å². The topological polar surface area (TPSA) is 0 Å². The fourth-order valence-electron chi connectivity index (χ4n) is 1.05. The van der Waals surface area contributed by atoms with E-state index in [0.717, 1.165) is 9.92 Å². The zero-order valence-electron chi connectivity index (χ0n) is 8.07. The molecule has 74 valence electrons. The van der Waals surface area contributed by atoms with Crippen LogP contribution >= 0.6 is 0 Å². The molecule has 1 nitrogen and oxygen atoms in total. The predicted octanol–water partition coefficient (Wildman–Crippen LogP) is -1.87. The minimum Gasteiger partial charge on any atom is -1.00 e. The molecule has 1 aromatic carbocycles. The number of benzene rings is 1. The van der Waals surface area contributed by atoms with Crippen LogP contribution in [0.15, 0.2) is 30.3 Å². The molecule has 0 heterocycles. The van der Waals surface area contributed by atoms with Crippen LogP contribution < -0.4 is 17.0 Å². The Morgan fingerprint density at radius 2 is 1.69 bits per heavy atom. The van der Waals surface area contributed by atoms with Crippen molar-refractivity contribution in [3.63, 3.8) is 0 Å². The molecule has 0 aliphatic carbocycles. The molecule has 3 heteroatoms. The second-order valence-corrected chi connectivity index (χ2v) is 5.85. The summed E-state index contributed by atoms with van der Waals surface area (Å²) in [4.78, 5) is 0. The molecule has 0 bridgehead atoms. The summed E-state index contributed by atoms with van der Waals surface area (Å²) in [5.74, 6) is 0. The summed E-state index contributed by atoms with van der Waals surface area (Å²) in [6.07, 6.45) is 1.16. The minimum atomic E-state index is 0. The van der Waals surface area contributed by atoms with Crippen LogP contribution in [0.5, 0.6) is 0 Å². The molecule has 1 aromatic rings. The minimum absolute atomic E-state index is 0. The van der Waals surface area contributed by atoms with E-state index in [9.17, 15) is 0 Å². The van der Waals surface area contributed by atoms with E-state index < -0.39 is 0 Å². The number of rotatable bonds is 3. The zero-order valence-corrected chi connectivity index (χ0v) is 11.5. The molecule has 0 unspecified atom stereocenters. The third-order valence-electron chi connectivity index (χ3n) is 1.79. The molecule has 13 heavy (non-hydrogen) atoms. The summed E-state index contributed by atoms with van der Waals surface area (Å²) >= 11 is 2.67. The normalized spacial score (nSPS) is 10.7. The maximum Gasteiger partial charge on any atom is -1.00 e. The fourth-order valence-corrected chi connectivity index (χ4v) is 1.26. The maximum absolute atomic E-state index is 2.67. The van der Waals surface area contributed by atoms with Crippen LogP contribution in [0, 0.1) is 0 Å². The Labute approximate surface area is 99.5 Å². The van der Waals surface area contributed by atoms with Gasteiger partial charge in [-0.1, -0.05) is 0 Å². The number of hydrogen-bond donors (Lipinski definition) is 0. The molecule has 0 N–H and O–H groups in total. The fraction of sp³-hybridized carbons (Fsp3) is 0.400. The number of nitrogens with zero attached hydrogens (tertiary/aromatic N) is 1. The quantitative estimate of drug-likeness (QED) is 0.574. The number of quaternary nitrogens is 1. The van der Waals surface area contributed by atoms with Crippen LogP contribution in [0.4, 0.5) is 0 Å². The van der Waals surface area contributed by atoms with Crippen molar-refractivity contribution in [2.75, 3.05) is 20.6 Å². The van der Waals surface area contributed by atoms with Gasteiger partial charge in [0.1, 0.15) is 0 Å². The predicted molar refractivity (Wildman–Crippen MR) is 54.3 cm³/mol. The van der Waals surface area contributed by atoms with Crippen LogP contribution in [-0.4, -0.2) is 40.4 Å². The summed E-state index contributed by atoms with van der Waals surface area (Å²) in [6, 6.07) is 10.6. The van der Waals surface area contributed by atoms with E-state index in [1.54, 1.807) is 0 Å². The van der Waals surface area contributed by atoms with Gasteiger partial charge in [-0.2, -0.15) is 0 Å². The van der Waals surface area contributed by atoms with Gasteiger partial charge in [0.05, 0.1) is 0 Å². The van der Waals surface area contributed by atoms with Gasteiger partial charge in [0.25, 0.3) is 0 Å². The SMILES string of the molecule is C[N+](C)([SeH])CCc1ccccc1.[Br-]. The summed E-state index contributed by atoms with van der Waals surface area (Å²) < 4.78 is 0.974. The van der Waals surface area contributed by atoms with Gasteiger partial charge >= 0.3 is 82.7 Å². The van der Waals surface area contributed by atoms with E-state index in [1.807, 2.05) is 0 Å². The Kier molecular flexibility index (Phi) is 5.90. The summed E-state index contributed by atoms with van der Waals surface area (Å²) in [5.41, 5.74) is 1.43. The smallest absolute Gasteiger partial charge is 1.00 e. The first-order valence-corrected chi connectivity index (χ1v) is 5.01. The van der Waals surface area contributed by atoms with Gasteiger partial charge in [-0.25, -0.2) is 0 Å². The van der Waals surface area contributed by atoms with Gasteiger partial charge in [-0.05, 0) is 0 Å². The van der Waals surface area contributed by atoms with Gasteiger partial charge in [-0.15, -0.1) is 0 Å². The Morgan fingerprint density at radius 1 is 1.15 bits per heavy atom. The van der Waals surface area contributed by atoms with Crippen molar-refractivity contribution < 1.29 is 20.5 Å². The first-order valence-electron chi connectivity index (χ1n) is 4.17. The summed E-state index contributed by atoms with van der Waals surface area (Å²) in [6.45, 7) is 1.17. The van der Waals surface area contributed by atoms with Crippen molar-refractivity contribution >= 4 is 16.2 Å². The molecule has 0 aliphatic rings. The Morgan fingerprint density at radius 3 is 2.15 bits per heavy atom. The largest absolute Gasteiger partial charge is 1.00 e. The summed E-state index contributed by atoms with van der Waals surface area (Å²) in [7, 11) is 4.39. The van der Waals surface area contributed by atoms with E-state index in [1.165, 1.54) is 12.1 Å². The van der Waals surface area contributed by atoms with E-state index in [0.29, 0.717) is 0 Å². The van der Waals surface area contributed by atoms with Crippen LogP contribution in [0.3, 0.4) is 0 Å². The third-order valence-corrected chi connectivity index (χ3v) is 2.21. The molecule has 0 aliphatic heterocycles. The number of hydrogen-bond acceptors (Lipinski definition) is 0. The maximum atomic E-state index is 2.67. The van der Waals surface area contributed by atoms with Crippen LogP contribution in [-0.2, 0) is 6.42 Å². The Bertz CT molecular complexity index is 230. The summed E-state index contributed by atoms with van der Waals surface area (Å²) in [5, 5.41) is 0. The van der Waals surface area contributed by atoms with Crippen LogP contribution in [0.2, 0.25) is 0 Å². The van der Waals surface area contributed by atoms with Crippen molar-refractivity contribution in [1.29, 1.82) is 0 Å². The number of likely N-dealkylation sites (N-methyl/N-ethyl adjacent to an activating group) is 1. The Balaban J connectivity index is 0.00000144. The van der Waals surface area contributed by atoms with Gasteiger partial charge in [0.15, 0.2) is 0 Å². The van der Waals surface area contributed by atoms with E-state index in [-0.39, 0.29) is 17.0 Å². The monoisotopic (exact) mass is 309 g/mol. The van der Waals surface area contributed by atoms with Gasteiger partial charge in [0, 0.05) is 0 Å². The molecular weight excluding hydrogens is 293 g/mol. The molecular formula is C10H16BrNSe. The molecule has 0 atom stereocenters. The van der Waals surface area contributed by atoms with Crippen molar-refractivity contribution in [3.05, 3.63) is 35.9 Å². The van der Waals surface area contributed by atoms with Crippen LogP contribution in [0.25, 0.3) is 0 Å². The van der Waals surface area contributed by atoms with Crippen molar-refractivity contribution in [1.82, 2.24) is 0 Å². The second-order valence-electron chi connectivity index (χ2n) is 3.58. The van der Waals surface area contributed by atoms with E-state index >= 15 is 0 Å². The molecule has 0 saturated heterocycles. The third kappa shape index (κ3) is 6.28. The van der Waals surface area contributed by atoms with Crippen molar-refractivity contribution in [2.24, 2.45) is 0 Å². The average Bonchev–Trinajstić information content (AvgIpc) is 2.02.